The van der Waals surface area contributed by atoms with Crippen molar-refractivity contribution in [3.63, 3.8) is 0 Å². The van der Waals surface area contributed by atoms with Gasteiger partial charge >= 0.3 is 0 Å². The van der Waals surface area contributed by atoms with Gasteiger partial charge in [-0.15, -0.1) is 0 Å². The Kier molecular flexibility index (Phi) is 8.21. The SMILES string of the molecule is CNC[C@@H](O)COc1ccc(Cl)c(-c2nc(/C(C(C)=N)=C(\C)O)c(C)c(N3CC4(CC=CCC4)C3)n2)c1. The number of likely N-dealkylation sites (N-methyl/N-ethyl adjacent to an activating group) is 1. The minimum Gasteiger partial charge on any atom is -0.512 e. The minimum absolute atomic E-state index is 0.0328. The van der Waals surface area contributed by atoms with Crippen LogP contribution in [0.3, 0.4) is 0 Å². The number of nitrogens with zero attached hydrogens (tertiary/aromatic N) is 3. The molecule has 1 aromatic carbocycles. The van der Waals surface area contributed by atoms with E-state index in [2.05, 4.69) is 22.4 Å². The van der Waals surface area contributed by atoms with Crippen LogP contribution in [0, 0.1) is 17.7 Å². The molecule has 9 heteroatoms. The van der Waals surface area contributed by atoms with Crippen molar-refractivity contribution in [2.45, 2.75) is 46.1 Å². The quantitative estimate of drug-likeness (QED) is 0.208. The third kappa shape index (κ3) is 5.81. The van der Waals surface area contributed by atoms with Gasteiger partial charge < -0.3 is 30.6 Å². The molecule has 8 nitrogen and oxygen atoms in total. The first-order valence-corrected chi connectivity index (χ1v) is 13.0. The second-order valence-electron chi connectivity index (χ2n) is 10.2. The predicted octanol–water partition coefficient (Wildman–Crippen LogP) is 4.94. The maximum absolute atomic E-state index is 10.5. The van der Waals surface area contributed by atoms with Crippen molar-refractivity contribution in [1.82, 2.24) is 15.3 Å². The fourth-order valence-corrected chi connectivity index (χ4v) is 5.39. The Bertz CT molecular complexity index is 1230. The van der Waals surface area contributed by atoms with E-state index in [0.717, 1.165) is 43.7 Å². The van der Waals surface area contributed by atoms with E-state index in [9.17, 15) is 10.2 Å². The highest BCUT2D eigenvalue weighted by Gasteiger charge is 2.43. The summed E-state index contributed by atoms with van der Waals surface area (Å²) in [7, 11) is 1.77. The first-order chi connectivity index (χ1) is 17.6. The van der Waals surface area contributed by atoms with Crippen molar-refractivity contribution in [2.75, 3.05) is 38.2 Å². The Morgan fingerprint density at radius 3 is 2.65 bits per heavy atom. The lowest BCUT2D eigenvalue weighted by Gasteiger charge is -2.52. The van der Waals surface area contributed by atoms with Gasteiger partial charge in [-0.05, 0) is 65.3 Å². The van der Waals surface area contributed by atoms with Gasteiger partial charge in [0.15, 0.2) is 5.82 Å². The van der Waals surface area contributed by atoms with Crippen molar-refractivity contribution < 1.29 is 14.9 Å². The van der Waals surface area contributed by atoms with Crippen LogP contribution in [0.15, 0.2) is 36.1 Å². The highest BCUT2D eigenvalue weighted by Crippen LogP contribution is 2.45. The molecule has 4 N–H and O–H groups in total. The fourth-order valence-electron chi connectivity index (χ4n) is 5.19. The van der Waals surface area contributed by atoms with E-state index >= 15 is 0 Å². The number of rotatable bonds is 9. The third-order valence-electron chi connectivity index (χ3n) is 7.07. The molecule has 1 aliphatic carbocycles. The van der Waals surface area contributed by atoms with Crippen LogP contribution < -0.4 is 15.0 Å². The molecule has 1 spiro atoms. The minimum atomic E-state index is -0.651. The number of ether oxygens (including phenoxy) is 1. The predicted molar refractivity (Wildman–Crippen MR) is 149 cm³/mol. The summed E-state index contributed by atoms with van der Waals surface area (Å²) < 4.78 is 5.80. The van der Waals surface area contributed by atoms with Crippen LogP contribution in [0.5, 0.6) is 5.75 Å². The Balaban J connectivity index is 1.76. The molecule has 1 aromatic heterocycles. The molecule has 0 bridgehead atoms. The van der Waals surface area contributed by atoms with Crippen molar-refractivity contribution in [3.8, 4) is 17.1 Å². The number of aliphatic hydroxyl groups is 2. The normalized spacial score (nSPS) is 17.8. The van der Waals surface area contributed by atoms with E-state index in [0.29, 0.717) is 40.0 Å². The zero-order valence-electron chi connectivity index (χ0n) is 21.9. The highest BCUT2D eigenvalue weighted by atomic mass is 35.5. The Labute approximate surface area is 223 Å². The molecule has 4 rings (SSSR count). The molecule has 2 aliphatic rings. The number of benzene rings is 1. The number of anilines is 1. The van der Waals surface area contributed by atoms with Gasteiger partial charge in [-0.3, -0.25) is 0 Å². The maximum Gasteiger partial charge on any atom is 0.163 e. The topological polar surface area (TPSA) is 115 Å². The molecule has 198 valence electrons. The van der Waals surface area contributed by atoms with Crippen LogP contribution in [-0.2, 0) is 0 Å². The van der Waals surface area contributed by atoms with E-state index < -0.39 is 6.10 Å². The van der Waals surface area contributed by atoms with E-state index in [-0.39, 0.29) is 23.5 Å². The van der Waals surface area contributed by atoms with Crippen LogP contribution in [0.2, 0.25) is 5.02 Å². The average Bonchev–Trinajstić information content (AvgIpc) is 2.83. The number of aromatic nitrogens is 2. The van der Waals surface area contributed by atoms with Crippen LogP contribution in [-0.4, -0.2) is 65.3 Å². The van der Waals surface area contributed by atoms with Crippen LogP contribution in [0.1, 0.15) is 44.4 Å². The molecule has 1 atom stereocenters. The summed E-state index contributed by atoms with van der Waals surface area (Å²) in [4.78, 5) is 12.0. The molecule has 0 unspecified atom stereocenters. The number of aliphatic hydroxyl groups excluding tert-OH is 2. The fraction of sp³-hybridized carbons (Fsp3) is 0.464. The van der Waals surface area contributed by atoms with E-state index in [4.69, 9.17) is 31.7 Å². The highest BCUT2D eigenvalue weighted by molar-refractivity contribution is 6.33. The zero-order valence-corrected chi connectivity index (χ0v) is 22.7. The van der Waals surface area contributed by atoms with Gasteiger partial charge in [0.25, 0.3) is 0 Å². The van der Waals surface area contributed by atoms with E-state index in [1.165, 1.54) is 0 Å². The van der Waals surface area contributed by atoms with Gasteiger partial charge in [-0.1, -0.05) is 23.8 Å². The van der Waals surface area contributed by atoms with Crippen LogP contribution in [0.25, 0.3) is 17.0 Å². The van der Waals surface area contributed by atoms with Gasteiger partial charge in [0.05, 0.1) is 16.3 Å². The number of halogens is 1. The zero-order chi connectivity index (χ0) is 26.7. The largest absolute Gasteiger partial charge is 0.512 e. The summed E-state index contributed by atoms with van der Waals surface area (Å²) in [6.45, 7) is 7.49. The first-order valence-electron chi connectivity index (χ1n) is 12.6. The van der Waals surface area contributed by atoms with Crippen LogP contribution in [0.4, 0.5) is 5.82 Å². The number of allylic oxidation sites excluding steroid dienone is 4. The Morgan fingerprint density at radius 1 is 1.27 bits per heavy atom. The molecule has 1 saturated heterocycles. The molecule has 37 heavy (non-hydrogen) atoms. The second-order valence-corrected chi connectivity index (χ2v) is 10.6. The van der Waals surface area contributed by atoms with Gasteiger partial charge in [-0.25, -0.2) is 9.97 Å². The summed E-state index contributed by atoms with van der Waals surface area (Å²) >= 11 is 6.62. The summed E-state index contributed by atoms with van der Waals surface area (Å²) in [5.74, 6) is 1.75. The summed E-state index contributed by atoms with van der Waals surface area (Å²) in [6, 6.07) is 5.24. The molecular weight excluding hydrogens is 490 g/mol. The van der Waals surface area contributed by atoms with Crippen LogP contribution >= 0.6 is 11.6 Å². The number of hydrogen-bond donors (Lipinski definition) is 4. The standard InChI is InChI=1S/C28H36ClN5O3/c1-17-25(24(18(2)30)19(3)35)32-26(33-27(17)34-15-28(16-34)10-6-5-7-11-28)22-12-21(8-9-23(22)29)37-14-20(36)13-31-4/h5-6,8-9,12,20,30-31,35-36H,7,10-11,13-16H2,1-4H3/b24-19+,30-18?/t20-/m1/s1. The molecule has 0 saturated carbocycles. The smallest absolute Gasteiger partial charge is 0.163 e. The Morgan fingerprint density at radius 2 is 2.03 bits per heavy atom. The molecule has 0 radical (unpaired) electrons. The number of hydrogen-bond acceptors (Lipinski definition) is 8. The molecule has 2 aromatic rings. The monoisotopic (exact) mass is 525 g/mol. The van der Waals surface area contributed by atoms with Crippen molar-refractivity contribution >= 4 is 28.7 Å². The van der Waals surface area contributed by atoms with Crippen molar-refractivity contribution in [3.05, 3.63) is 52.4 Å². The molecule has 0 amide bonds. The van der Waals surface area contributed by atoms with Crippen molar-refractivity contribution in [2.24, 2.45) is 5.41 Å². The third-order valence-corrected chi connectivity index (χ3v) is 7.40. The Hall–Kier alpha value is -2.94. The second kappa shape index (κ2) is 11.2. The lowest BCUT2D eigenvalue weighted by Crippen LogP contribution is -2.57. The van der Waals surface area contributed by atoms with Crippen molar-refractivity contribution in [1.29, 1.82) is 5.41 Å². The summed E-state index contributed by atoms with van der Waals surface area (Å²) in [6.07, 6.45) is 7.21. The lowest BCUT2D eigenvalue weighted by molar-refractivity contribution is 0.108. The molecule has 2 heterocycles. The van der Waals surface area contributed by atoms with E-state index in [1.807, 2.05) is 6.92 Å². The molecule has 1 fully saturated rings. The van der Waals surface area contributed by atoms with Gasteiger partial charge in [0.1, 0.15) is 30.0 Å². The van der Waals surface area contributed by atoms with E-state index in [1.54, 1.807) is 39.1 Å². The molecule has 1 aliphatic heterocycles. The van der Waals surface area contributed by atoms with Gasteiger partial charge in [0.2, 0.25) is 0 Å². The van der Waals surface area contributed by atoms with Gasteiger partial charge in [-0.2, -0.15) is 0 Å². The average molecular weight is 526 g/mol. The molecular formula is C28H36ClN5O3. The van der Waals surface area contributed by atoms with Gasteiger partial charge in [0, 0.05) is 41.9 Å². The summed E-state index contributed by atoms with van der Waals surface area (Å²) in [5.41, 5.74) is 2.80. The number of nitrogens with one attached hydrogen (secondary N) is 2. The first kappa shape index (κ1) is 27.1. The maximum atomic E-state index is 10.5. The summed E-state index contributed by atoms with van der Waals surface area (Å²) in [5, 5.41) is 32.2. The lowest BCUT2D eigenvalue weighted by atomic mass is 9.71.